The summed E-state index contributed by atoms with van der Waals surface area (Å²) in [6, 6.07) is 6.92. The molecule has 0 aliphatic carbocycles. The number of amides is 1. The fraction of sp³-hybridized carbons (Fsp3) is 0.267. The topological polar surface area (TPSA) is 104 Å². The van der Waals surface area contributed by atoms with Crippen molar-refractivity contribution in [3.05, 3.63) is 56.4 Å². The molecule has 0 bridgehead atoms. The first-order valence-electron chi connectivity index (χ1n) is 6.84. The SMILES string of the molecule is CCOc1ccc(NC(=O)Cc2c(C)[nH]c(=O)[nH]c2=O)cc1. The summed E-state index contributed by atoms with van der Waals surface area (Å²) in [7, 11) is 0. The van der Waals surface area contributed by atoms with Crippen LogP contribution in [0.4, 0.5) is 5.69 Å². The van der Waals surface area contributed by atoms with Crippen LogP contribution in [0.1, 0.15) is 18.2 Å². The highest BCUT2D eigenvalue weighted by atomic mass is 16.5. The van der Waals surface area contributed by atoms with Gasteiger partial charge in [0.1, 0.15) is 5.75 Å². The summed E-state index contributed by atoms with van der Waals surface area (Å²) in [5, 5.41) is 2.69. The van der Waals surface area contributed by atoms with Crippen LogP contribution in [-0.2, 0) is 11.2 Å². The smallest absolute Gasteiger partial charge is 0.325 e. The molecule has 1 heterocycles. The number of carbonyl (C=O) groups is 1. The van der Waals surface area contributed by atoms with Crippen LogP contribution < -0.4 is 21.3 Å². The van der Waals surface area contributed by atoms with Gasteiger partial charge in [-0.3, -0.25) is 14.6 Å². The summed E-state index contributed by atoms with van der Waals surface area (Å²) < 4.78 is 5.31. The second-order valence-electron chi connectivity index (χ2n) is 4.69. The molecule has 1 amide bonds. The molecule has 0 spiro atoms. The van der Waals surface area contributed by atoms with Gasteiger partial charge in [0.2, 0.25) is 5.91 Å². The van der Waals surface area contributed by atoms with E-state index < -0.39 is 11.2 Å². The normalized spacial score (nSPS) is 10.3. The monoisotopic (exact) mass is 303 g/mol. The minimum absolute atomic E-state index is 0.120. The minimum atomic E-state index is -0.585. The molecule has 0 atom stereocenters. The van der Waals surface area contributed by atoms with E-state index in [9.17, 15) is 14.4 Å². The van der Waals surface area contributed by atoms with E-state index in [1.807, 2.05) is 6.92 Å². The summed E-state index contributed by atoms with van der Waals surface area (Å²) in [6.45, 7) is 4.04. The maximum atomic E-state index is 12.0. The van der Waals surface area contributed by atoms with E-state index in [2.05, 4.69) is 15.3 Å². The molecular weight excluding hydrogens is 286 g/mol. The van der Waals surface area contributed by atoms with E-state index >= 15 is 0 Å². The van der Waals surface area contributed by atoms with Crippen molar-refractivity contribution in [1.29, 1.82) is 0 Å². The molecule has 0 unspecified atom stereocenters. The Hall–Kier alpha value is -2.83. The molecule has 2 aromatic rings. The molecule has 0 fully saturated rings. The van der Waals surface area contributed by atoms with Gasteiger partial charge < -0.3 is 15.0 Å². The molecule has 7 heteroatoms. The summed E-state index contributed by atoms with van der Waals surface area (Å²) in [6.07, 6.45) is -0.120. The number of benzene rings is 1. The predicted molar refractivity (Wildman–Crippen MR) is 82.4 cm³/mol. The van der Waals surface area contributed by atoms with Crippen molar-refractivity contribution in [2.75, 3.05) is 11.9 Å². The van der Waals surface area contributed by atoms with Crippen LogP contribution >= 0.6 is 0 Å². The van der Waals surface area contributed by atoms with Crippen LogP contribution in [0.2, 0.25) is 0 Å². The lowest BCUT2D eigenvalue weighted by Gasteiger charge is -2.08. The third-order valence-electron chi connectivity index (χ3n) is 3.04. The first-order chi connectivity index (χ1) is 10.5. The van der Waals surface area contributed by atoms with E-state index in [4.69, 9.17) is 4.74 Å². The van der Waals surface area contributed by atoms with Crippen LogP contribution in [0.5, 0.6) is 5.75 Å². The first-order valence-corrected chi connectivity index (χ1v) is 6.84. The molecule has 7 nitrogen and oxygen atoms in total. The lowest BCUT2D eigenvalue weighted by molar-refractivity contribution is -0.115. The van der Waals surface area contributed by atoms with E-state index in [1.54, 1.807) is 31.2 Å². The van der Waals surface area contributed by atoms with Crippen molar-refractivity contribution < 1.29 is 9.53 Å². The van der Waals surface area contributed by atoms with Gasteiger partial charge in [0.05, 0.1) is 13.0 Å². The Labute approximate surface area is 126 Å². The molecule has 0 aliphatic heterocycles. The van der Waals surface area contributed by atoms with Crippen LogP contribution in [-0.4, -0.2) is 22.5 Å². The highest BCUT2D eigenvalue weighted by Crippen LogP contribution is 2.15. The number of hydrogen-bond acceptors (Lipinski definition) is 4. The number of anilines is 1. The van der Waals surface area contributed by atoms with E-state index in [0.717, 1.165) is 0 Å². The van der Waals surface area contributed by atoms with Gasteiger partial charge in [0, 0.05) is 16.9 Å². The highest BCUT2D eigenvalue weighted by molar-refractivity contribution is 5.92. The van der Waals surface area contributed by atoms with Crippen molar-refractivity contribution in [2.45, 2.75) is 20.3 Å². The number of nitrogens with one attached hydrogen (secondary N) is 3. The number of hydrogen-bond donors (Lipinski definition) is 3. The number of H-pyrrole nitrogens is 2. The Kier molecular flexibility index (Phi) is 4.77. The Balaban J connectivity index is 2.07. The molecule has 0 radical (unpaired) electrons. The van der Waals surface area contributed by atoms with Gasteiger partial charge >= 0.3 is 5.69 Å². The number of ether oxygens (including phenoxy) is 1. The summed E-state index contributed by atoms with van der Waals surface area (Å²) in [5.74, 6) is 0.373. The standard InChI is InChI=1S/C15H17N3O4/c1-3-22-11-6-4-10(5-7-11)17-13(19)8-12-9(2)16-15(21)18-14(12)20/h4-7H,3,8H2,1-2H3,(H,17,19)(H2,16,18,20,21). The molecule has 0 aliphatic rings. The predicted octanol–water partition coefficient (Wildman–Crippen LogP) is 0.952. The quantitative estimate of drug-likeness (QED) is 0.765. The number of aryl methyl sites for hydroxylation is 1. The van der Waals surface area contributed by atoms with Crippen LogP contribution in [0.25, 0.3) is 0 Å². The van der Waals surface area contributed by atoms with Crippen molar-refractivity contribution in [2.24, 2.45) is 0 Å². The average Bonchev–Trinajstić information content (AvgIpc) is 2.45. The second-order valence-corrected chi connectivity index (χ2v) is 4.69. The van der Waals surface area contributed by atoms with Crippen LogP contribution in [0, 0.1) is 6.92 Å². The third-order valence-corrected chi connectivity index (χ3v) is 3.04. The number of carbonyl (C=O) groups excluding carboxylic acids is 1. The number of aromatic amines is 2. The molecule has 0 saturated heterocycles. The summed E-state index contributed by atoms with van der Waals surface area (Å²) >= 11 is 0. The van der Waals surface area contributed by atoms with E-state index in [1.165, 1.54) is 0 Å². The minimum Gasteiger partial charge on any atom is -0.494 e. The van der Waals surface area contributed by atoms with Crippen LogP contribution in [0.15, 0.2) is 33.9 Å². The summed E-state index contributed by atoms with van der Waals surface area (Å²) in [4.78, 5) is 39.4. The van der Waals surface area contributed by atoms with Gasteiger partial charge in [-0.05, 0) is 38.1 Å². The van der Waals surface area contributed by atoms with Gasteiger partial charge in [-0.2, -0.15) is 0 Å². The average molecular weight is 303 g/mol. The Morgan fingerprint density at radius 1 is 1.18 bits per heavy atom. The van der Waals surface area contributed by atoms with Crippen LogP contribution in [0.3, 0.4) is 0 Å². The molecule has 1 aromatic heterocycles. The first kappa shape index (κ1) is 15.6. The van der Waals surface area contributed by atoms with Gasteiger partial charge in [-0.15, -0.1) is 0 Å². The zero-order valence-corrected chi connectivity index (χ0v) is 12.4. The lowest BCUT2D eigenvalue weighted by Crippen LogP contribution is -2.29. The summed E-state index contributed by atoms with van der Waals surface area (Å²) in [5.41, 5.74) is 0.0897. The molecule has 22 heavy (non-hydrogen) atoms. The molecule has 1 aromatic carbocycles. The zero-order chi connectivity index (χ0) is 16.1. The highest BCUT2D eigenvalue weighted by Gasteiger charge is 2.11. The zero-order valence-electron chi connectivity index (χ0n) is 12.4. The van der Waals surface area contributed by atoms with E-state index in [-0.39, 0.29) is 17.9 Å². The molecule has 3 N–H and O–H groups in total. The maximum Gasteiger partial charge on any atom is 0.325 e. The van der Waals surface area contributed by atoms with Crippen molar-refractivity contribution >= 4 is 11.6 Å². The Morgan fingerprint density at radius 3 is 2.45 bits per heavy atom. The molecule has 116 valence electrons. The fourth-order valence-corrected chi connectivity index (χ4v) is 2.01. The van der Waals surface area contributed by atoms with Gasteiger partial charge in [0.25, 0.3) is 5.56 Å². The second kappa shape index (κ2) is 6.75. The largest absolute Gasteiger partial charge is 0.494 e. The van der Waals surface area contributed by atoms with Crippen molar-refractivity contribution in [3.8, 4) is 5.75 Å². The maximum absolute atomic E-state index is 12.0. The Morgan fingerprint density at radius 2 is 1.86 bits per heavy atom. The molecular formula is C15H17N3O4. The Bertz CT molecular complexity index is 775. The molecule has 0 saturated carbocycles. The number of aromatic nitrogens is 2. The lowest BCUT2D eigenvalue weighted by atomic mass is 10.1. The molecule has 2 rings (SSSR count). The van der Waals surface area contributed by atoms with Crippen molar-refractivity contribution in [3.63, 3.8) is 0 Å². The van der Waals surface area contributed by atoms with Gasteiger partial charge in [-0.1, -0.05) is 0 Å². The van der Waals surface area contributed by atoms with Gasteiger partial charge in [0.15, 0.2) is 0 Å². The fourth-order valence-electron chi connectivity index (χ4n) is 2.01. The number of rotatable bonds is 5. The third kappa shape index (κ3) is 3.85. The van der Waals surface area contributed by atoms with Gasteiger partial charge in [-0.25, -0.2) is 4.79 Å². The van der Waals surface area contributed by atoms with E-state index in [0.29, 0.717) is 23.7 Å². The van der Waals surface area contributed by atoms with Crippen molar-refractivity contribution in [1.82, 2.24) is 9.97 Å².